The van der Waals surface area contributed by atoms with Gasteiger partial charge in [0, 0.05) is 19.1 Å². The highest BCUT2D eigenvalue weighted by atomic mass is 35.5. The van der Waals surface area contributed by atoms with Crippen LogP contribution in [-0.4, -0.2) is 37.0 Å². The Bertz CT molecular complexity index is 412. The third kappa shape index (κ3) is 3.37. The Labute approximate surface area is 119 Å². The molecule has 1 amide bonds. The SMILES string of the molecule is CN[C@H]1CCCN(C(=O)c2ccccc2Cl)C1.Cl. The molecule has 100 valence electrons. The molecule has 0 aliphatic carbocycles. The summed E-state index contributed by atoms with van der Waals surface area (Å²) in [4.78, 5) is 14.2. The van der Waals surface area contributed by atoms with Crippen LogP contribution in [0.25, 0.3) is 0 Å². The molecule has 1 aromatic carbocycles. The topological polar surface area (TPSA) is 32.3 Å². The third-order valence-corrected chi connectivity index (χ3v) is 3.55. The Kier molecular flexibility index (Phi) is 5.93. The summed E-state index contributed by atoms with van der Waals surface area (Å²) in [5.74, 6) is 0.0375. The van der Waals surface area contributed by atoms with Gasteiger partial charge in [0.15, 0.2) is 0 Å². The van der Waals surface area contributed by atoms with Gasteiger partial charge in [0.25, 0.3) is 5.91 Å². The first kappa shape index (κ1) is 15.3. The molecule has 1 atom stereocenters. The van der Waals surface area contributed by atoms with E-state index in [-0.39, 0.29) is 18.3 Å². The van der Waals surface area contributed by atoms with E-state index in [1.165, 1.54) is 0 Å². The smallest absolute Gasteiger partial charge is 0.255 e. The minimum absolute atomic E-state index is 0. The van der Waals surface area contributed by atoms with Crippen molar-refractivity contribution in [3.05, 3.63) is 34.9 Å². The van der Waals surface area contributed by atoms with E-state index in [1.54, 1.807) is 12.1 Å². The normalized spacial score (nSPS) is 19.2. The first-order chi connectivity index (χ1) is 8.22. The Morgan fingerprint density at radius 1 is 1.44 bits per heavy atom. The van der Waals surface area contributed by atoms with E-state index in [2.05, 4.69) is 5.32 Å². The zero-order chi connectivity index (χ0) is 12.3. The van der Waals surface area contributed by atoms with Gasteiger partial charge in [0.05, 0.1) is 10.6 Å². The highest BCUT2D eigenvalue weighted by Gasteiger charge is 2.24. The van der Waals surface area contributed by atoms with E-state index < -0.39 is 0 Å². The molecule has 1 fully saturated rings. The summed E-state index contributed by atoms with van der Waals surface area (Å²) in [6.07, 6.45) is 2.17. The maximum absolute atomic E-state index is 12.3. The first-order valence-corrected chi connectivity index (χ1v) is 6.31. The fourth-order valence-corrected chi connectivity index (χ4v) is 2.42. The van der Waals surface area contributed by atoms with E-state index in [4.69, 9.17) is 11.6 Å². The van der Waals surface area contributed by atoms with Gasteiger partial charge in [0.1, 0.15) is 0 Å². The summed E-state index contributed by atoms with van der Waals surface area (Å²) in [5.41, 5.74) is 0.603. The van der Waals surface area contributed by atoms with Gasteiger partial charge in [-0.15, -0.1) is 12.4 Å². The van der Waals surface area contributed by atoms with Crippen LogP contribution in [0.1, 0.15) is 23.2 Å². The molecule has 0 spiro atoms. The highest BCUT2D eigenvalue weighted by molar-refractivity contribution is 6.33. The Balaban J connectivity index is 0.00000162. The quantitative estimate of drug-likeness (QED) is 0.907. The number of rotatable bonds is 2. The number of benzene rings is 1. The van der Waals surface area contributed by atoms with Gasteiger partial charge in [-0.25, -0.2) is 0 Å². The van der Waals surface area contributed by atoms with Gasteiger partial charge in [-0.3, -0.25) is 4.79 Å². The summed E-state index contributed by atoms with van der Waals surface area (Å²) < 4.78 is 0. The van der Waals surface area contributed by atoms with Crippen molar-refractivity contribution in [3.63, 3.8) is 0 Å². The van der Waals surface area contributed by atoms with Crippen LogP contribution in [0.5, 0.6) is 0 Å². The molecule has 1 saturated heterocycles. The molecule has 0 saturated carbocycles. The van der Waals surface area contributed by atoms with Crippen molar-refractivity contribution in [2.45, 2.75) is 18.9 Å². The van der Waals surface area contributed by atoms with Crippen molar-refractivity contribution in [1.82, 2.24) is 10.2 Å². The number of carbonyl (C=O) groups excluding carboxylic acids is 1. The first-order valence-electron chi connectivity index (χ1n) is 5.93. The number of amides is 1. The predicted octanol–water partition coefficient (Wildman–Crippen LogP) is 2.59. The van der Waals surface area contributed by atoms with Crippen LogP contribution < -0.4 is 5.32 Å². The Hall–Kier alpha value is -0.770. The fraction of sp³-hybridized carbons (Fsp3) is 0.462. The number of hydrogen-bond donors (Lipinski definition) is 1. The lowest BCUT2D eigenvalue weighted by Crippen LogP contribution is -2.47. The Morgan fingerprint density at radius 3 is 2.83 bits per heavy atom. The number of nitrogens with one attached hydrogen (secondary N) is 1. The summed E-state index contributed by atoms with van der Waals surface area (Å²) in [6.45, 7) is 1.59. The predicted molar refractivity (Wildman–Crippen MR) is 76.7 cm³/mol. The molecule has 5 heteroatoms. The highest BCUT2D eigenvalue weighted by Crippen LogP contribution is 2.19. The van der Waals surface area contributed by atoms with Crippen molar-refractivity contribution in [1.29, 1.82) is 0 Å². The maximum atomic E-state index is 12.3. The number of likely N-dealkylation sites (N-methyl/N-ethyl adjacent to an activating group) is 1. The van der Waals surface area contributed by atoms with Crippen LogP contribution in [-0.2, 0) is 0 Å². The molecular weight excluding hydrogens is 271 g/mol. The molecule has 0 unspecified atom stereocenters. The van der Waals surface area contributed by atoms with Gasteiger partial charge in [-0.1, -0.05) is 23.7 Å². The van der Waals surface area contributed by atoms with Crippen molar-refractivity contribution in [3.8, 4) is 0 Å². The molecule has 1 heterocycles. The van der Waals surface area contributed by atoms with E-state index in [0.717, 1.165) is 25.9 Å². The van der Waals surface area contributed by atoms with Crippen LogP contribution in [0.4, 0.5) is 0 Å². The second-order valence-electron chi connectivity index (χ2n) is 4.36. The standard InChI is InChI=1S/C13H17ClN2O.ClH/c1-15-10-5-4-8-16(9-10)13(17)11-6-2-3-7-12(11)14;/h2-3,6-7,10,15H,4-5,8-9H2,1H3;1H/t10-;/m0./s1. The van der Waals surface area contributed by atoms with E-state index in [0.29, 0.717) is 16.6 Å². The number of halogens is 2. The molecule has 3 nitrogen and oxygen atoms in total. The summed E-state index contributed by atoms with van der Waals surface area (Å²) in [6, 6.07) is 7.63. The lowest BCUT2D eigenvalue weighted by atomic mass is 10.0. The molecule has 1 aliphatic heterocycles. The van der Waals surface area contributed by atoms with Gasteiger partial charge in [0.2, 0.25) is 0 Å². The monoisotopic (exact) mass is 288 g/mol. The summed E-state index contributed by atoms with van der Waals surface area (Å²) in [5, 5.41) is 3.76. The van der Waals surface area contributed by atoms with Crippen molar-refractivity contribution >= 4 is 29.9 Å². The van der Waals surface area contributed by atoms with Gasteiger partial charge >= 0.3 is 0 Å². The van der Waals surface area contributed by atoms with Crippen molar-refractivity contribution < 1.29 is 4.79 Å². The number of nitrogens with zero attached hydrogens (tertiary/aromatic N) is 1. The van der Waals surface area contributed by atoms with Crippen LogP contribution in [0.15, 0.2) is 24.3 Å². The van der Waals surface area contributed by atoms with E-state index >= 15 is 0 Å². The maximum Gasteiger partial charge on any atom is 0.255 e. The largest absolute Gasteiger partial charge is 0.337 e. The molecule has 1 aliphatic rings. The molecular formula is C13H18Cl2N2O. The molecule has 0 aromatic heterocycles. The van der Waals surface area contributed by atoms with Gasteiger partial charge in [-0.2, -0.15) is 0 Å². The summed E-state index contributed by atoms with van der Waals surface area (Å²) in [7, 11) is 1.94. The average Bonchev–Trinajstić information content (AvgIpc) is 2.38. The Morgan fingerprint density at radius 2 is 2.17 bits per heavy atom. The van der Waals surface area contributed by atoms with Crippen LogP contribution in [0.2, 0.25) is 5.02 Å². The van der Waals surface area contributed by atoms with Gasteiger partial charge in [-0.05, 0) is 32.0 Å². The van der Waals surface area contributed by atoms with Crippen LogP contribution in [0.3, 0.4) is 0 Å². The second kappa shape index (κ2) is 6.98. The zero-order valence-corrected chi connectivity index (χ0v) is 11.9. The lowest BCUT2D eigenvalue weighted by Gasteiger charge is -2.32. The number of piperidine rings is 1. The van der Waals surface area contributed by atoms with Crippen LogP contribution >= 0.6 is 24.0 Å². The van der Waals surface area contributed by atoms with E-state index in [1.807, 2.05) is 24.1 Å². The molecule has 1 aromatic rings. The minimum Gasteiger partial charge on any atom is -0.337 e. The lowest BCUT2D eigenvalue weighted by molar-refractivity contribution is 0.0698. The fourth-order valence-electron chi connectivity index (χ4n) is 2.20. The number of carbonyl (C=O) groups is 1. The van der Waals surface area contributed by atoms with E-state index in [9.17, 15) is 4.79 Å². The third-order valence-electron chi connectivity index (χ3n) is 3.22. The van der Waals surface area contributed by atoms with Crippen LogP contribution in [0, 0.1) is 0 Å². The van der Waals surface area contributed by atoms with Crippen molar-refractivity contribution in [2.24, 2.45) is 0 Å². The zero-order valence-electron chi connectivity index (χ0n) is 10.4. The molecule has 0 radical (unpaired) electrons. The van der Waals surface area contributed by atoms with Crippen molar-refractivity contribution in [2.75, 3.05) is 20.1 Å². The average molecular weight is 289 g/mol. The minimum atomic E-state index is 0. The molecule has 0 bridgehead atoms. The molecule has 2 rings (SSSR count). The van der Waals surface area contributed by atoms with Gasteiger partial charge < -0.3 is 10.2 Å². The molecule has 1 N–H and O–H groups in total. The number of likely N-dealkylation sites (tertiary alicyclic amines) is 1. The summed E-state index contributed by atoms with van der Waals surface area (Å²) >= 11 is 6.05. The molecule has 18 heavy (non-hydrogen) atoms. The number of hydrogen-bond acceptors (Lipinski definition) is 2. The second-order valence-corrected chi connectivity index (χ2v) is 4.77.